The molecule has 10 aromatic carbocycles. The normalized spacial score (nSPS) is 11.5. The van der Waals surface area contributed by atoms with Gasteiger partial charge in [-0.2, -0.15) is 0 Å². The number of hydrogen-bond donors (Lipinski definition) is 0. The Morgan fingerprint density at radius 1 is 0.135 bits per heavy atom. The second-order valence-electron chi connectivity index (χ2n) is 13.6. The van der Waals surface area contributed by atoms with Gasteiger partial charge in [-0.05, 0) is 98.7 Å². The van der Waals surface area contributed by atoms with Crippen molar-refractivity contribution in [3.05, 3.63) is 206 Å². The molecule has 0 saturated heterocycles. The van der Waals surface area contributed by atoms with Crippen LogP contribution in [0.2, 0.25) is 0 Å². The highest BCUT2D eigenvalue weighted by Gasteiger charge is 2.18. The molecule has 0 atom stereocenters. The Labute approximate surface area is 303 Å². The molecule has 0 aromatic heterocycles. The van der Waals surface area contributed by atoms with E-state index in [-0.39, 0.29) is 0 Å². The average Bonchev–Trinajstić information content (AvgIpc) is 3.22. The Kier molecular flexibility index (Phi) is 7.25. The van der Waals surface area contributed by atoms with Crippen molar-refractivity contribution >= 4 is 43.1 Å². The fourth-order valence-corrected chi connectivity index (χ4v) is 8.37. The molecule has 0 N–H and O–H groups in total. The van der Waals surface area contributed by atoms with Crippen LogP contribution in [0.15, 0.2) is 206 Å². The summed E-state index contributed by atoms with van der Waals surface area (Å²) >= 11 is 0. The Morgan fingerprint density at radius 3 is 0.538 bits per heavy atom. The summed E-state index contributed by atoms with van der Waals surface area (Å²) in [5.41, 5.74) is 12.5. The van der Waals surface area contributed by atoms with Gasteiger partial charge in [0.05, 0.1) is 0 Å². The van der Waals surface area contributed by atoms with Gasteiger partial charge in [0.15, 0.2) is 0 Å². The molecule has 0 aliphatic rings. The standard InChI is InChI=1S/C52H34/c1-3-15-37(16-4-1)49-41-19-7-11-23-45(41)51(46-24-12-8-20-42(46)49)39-31-27-35(28-32-39)36-29-33-40(34-30-36)52-47-25-13-9-21-43(47)50(38-17-5-2-6-18-38)44-22-10-14-26-48(44)52/h1-34H. The lowest BCUT2D eigenvalue weighted by Crippen LogP contribution is -1.91. The zero-order valence-electron chi connectivity index (χ0n) is 28.6. The maximum atomic E-state index is 2.29. The van der Waals surface area contributed by atoms with Crippen LogP contribution in [-0.2, 0) is 0 Å². The van der Waals surface area contributed by atoms with Gasteiger partial charge in [0.25, 0.3) is 0 Å². The van der Waals surface area contributed by atoms with Crippen molar-refractivity contribution in [1.82, 2.24) is 0 Å². The van der Waals surface area contributed by atoms with Crippen molar-refractivity contribution < 1.29 is 0 Å². The average molecular weight is 659 g/mol. The molecule has 242 valence electrons. The number of hydrogen-bond acceptors (Lipinski definition) is 0. The molecule has 0 aliphatic carbocycles. The van der Waals surface area contributed by atoms with E-state index in [4.69, 9.17) is 0 Å². The monoisotopic (exact) mass is 658 g/mol. The van der Waals surface area contributed by atoms with E-state index in [0.717, 1.165) is 0 Å². The minimum absolute atomic E-state index is 1.21. The van der Waals surface area contributed by atoms with Crippen molar-refractivity contribution in [3.63, 3.8) is 0 Å². The number of rotatable bonds is 5. The zero-order valence-corrected chi connectivity index (χ0v) is 28.6. The highest BCUT2D eigenvalue weighted by molar-refractivity contribution is 6.22. The lowest BCUT2D eigenvalue weighted by atomic mass is 9.85. The van der Waals surface area contributed by atoms with Gasteiger partial charge in [-0.15, -0.1) is 0 Å². The van der Waals surface area contributed by atoms with E-state index in [0.29, 0.717) is 0 Å². The molecule has 52 heavy (non-hydrogen) atoms. The fraction of sp³-hybridized carbons (Fsp3) is 0. The smallest absolute Gasteiger partial charge is 0.00264 e. The molecule has 0 nitrogen and oxygen atoms in total. The van der Waals surface area contributed by atoms with Crippen LogP contribution in [-0.4, -0.2) is 0 Å². The second kappa shape index (κ2) is 12.5. The van der Waals surface area contributed by atoms with Crippen molar-refractivity contribution in [2.24, 2.45) is 0 Å². The SMILES string of the molecule is c1ccc(-c2c3ccccc3c(-c3ccc(-c4ccc(-c5c6ccccc6c(-c6ccccc6)c6ccccc56)cc4)cc3)c3ccccc23)cc1. The first-order chi connectivity index (χ1) is 25.8. The van der Waals surface area contributed by atoms with E-state index in [9.17, 15) is 0 Å². The van der Waals surface area contributed by atoms with Gasteiger partial charge in [0.2, 0.25) is 0 Å². The van der Waals surface area contributed by atoms with Crippen LogP contribution in [0.5, 0.6) is 0 Å². The van der Waals surface area contributed by atoms with Gasteiger partial charge in [-0.25, -0.2) is 0 Å². The van der Waals surface area contributed by atoms with Gasteiger partial charge in [-0.1, -0.05) is 206 Å². The van der Waals surface area contributed by atoms with Crippen molar-refractivity contribution in [2.75, 3.05) is 0 Å². The predicted octanol–water partition coefficient (Wildman–Crippen LogP) is 14.6. The molecule has 0 heteroatoms. The second-order valence-corrected chi connectivity index (χ2v) is 13.6. The third-order valence-corrected chi connectivity index (χ3v) is 10.7. The van der Waals surface area contributed by atoms with Gasteiger partial charge in [0.1, 0.15) is 0 Å². The minimum atomic E-state index is 1.21. The van der Waals surface area contributed by atoms with Crippen LogP contribution in [0.4, 0.5) is 0 Å². The molecule has 0 radical (unpaired) electrons. The summed E-state index contributed by atoms with van der Waals surface area (Å²) < 4.78 is 0. The first-order valence-electron chi connectivity index (χ1n) is 18.0. The van der Waals surface area contributed by atoms with Crippen LogP contribution in [0.25, 0.3) is 98.7 Å². The fourth-order valence-electron chi connectivity index (χ4n) is 8.37. The van der Waals surface area contributed by atoms with E-state index in [1.165, 1.54) is 98.7 Å². The Balaban J connectivity index is 1.07. The predicted molar refractivity (Wildman–Crippen MR) is 224 cm³/mol. The number of benzene rings is 10. The third kappa shape index (κ3) is 4.92. The van der Waals surface area contributed by atoms with Crippen LogP contribution in [0, 0.1) is 0 Å². The summed E-state index contributed by atoms with van der Waals surface area (Å²) in [6.45, 7) is 0. The molecule has 0 amide bonds. The van der Waals surface area contributed by atoms with Crippen LogP contribution in [0.3, 0.4) is 0 Å². The molecule has 0 saturated carbocycles. The summed E-state index contributed by atoms with van der Waals surface area (Å²) in [4.78, 5) is 0. The minimum Gasteiger partial charge on any atom is -0.0622 e. The summed E-state index contributed by atoms with van der Waals surface area (Å²) in [5, 5.41) is 10.2. The number of fused-ring (bicyclic) bond motifs is 4. The van der Waals surface area contributed by atoms with Gasteiger partial charge >= 0.3 is 0 Å². The van der Waals surface area contributed by atoms with E-state index in [2.05, 4.69) is 206 Å². The molecular formula is C52H34. The van der Waals surface area contributed by atoms with Crippen LogP contribution >= 0.6 is 0 Å². The van der Waals surface area contributed by atoms with Crippen molar-refractivity contribution in [2.45, 2.75) is 0 Å². The lowest BCUT2D eigenvalue weighted by Gasteiger charge is -2.18. The molecular weight excluding hydrogens is 625 g/mol. The molecule has 0 unspecified atom stereocenters. The summed E-state index contributed by atoms with van der Waals surface area (Å²) in [7, 11) is 0. The summed E-state index contributed by atoms with van der Waals surface area (Å²) in [6, 6.07) is 75.3. The van der Waals surface area contributed by atoms with Gasteiger partial charge < -0.3 is 0 Å². The third-order valence-electron chi connectivity index (χ3n) is 10.7. The zero-order chi connectivity index (χ0) is 34.4. The highest BCUT2D eigenvalue weighted by Crippen LogP contribution is 2.45. The van der Waals surface area contributed by atoms with Crippen molar-refractivity contribution in [3.8, 4) is 55.6 Å². The first kappa shape index (κ1) is 30.1. The molecule has 0 bridgehead atoms. The molecule has 0 aliphatic heterocycles. The quantitative estimate of drug-likeness (QED) is 0.161. The van der Waals surface area contributed by atoms with E-state index < -0.39 is 0 Å². The molecule has 10 rings (SSSR count). The Bertz CT molecular complexity index is 2580. The molecule has 0 fully saturated rings. The molecule has 0 spiro atoms. The summed E-state index contributed by atoms with van der Waals surface area (Å²) in [5.74, 6) is 0. The van der Waals surface area contributed by atoms with E-state index >= 15 is 0 Å². The van der Waals surface area contributed by atoms with Crippen molar-refractivity contribution in [1.29, 1.82) is 0 Å². The first-order valence-corrected chi connectivity index (χ1v) is 18.0. The molecule has 0 heterocycles. The van der Waals surface area contributed by atoms with E-state index in [1.54, 1.807) is 0 Å². The van der Waals surface area contributed by atoms with Gasteiger partial charge in [-0.3, -0.25) is 0 Å². The van der Waals surface area contributed by atoms with Crippen LogP contribution in [0.1, 0.15) is 0 Å². The topological polar surface area (TPSA) is 0 Å². The largest absolute Gasteiger partial charge is 0.0622 e. The Morgan fingerprint density at radius 2 is 0.308 bits per heavy atom. The maximum absolute atomic E-state index is 2.29. The lowest BCUT2D eigenvalue weighted by molar-refractivity contribution is 1.60. The van der Waals surface area contributed by atoms with Gasteiger partial charge in [0, 0.05) is 0 Å². The Hall–Kier alpha value is -6.76. The van der Waals surface area contributed by atoms with E-state index in [1.807, 2.05) is 0 Å². The van der Waals surface area contributed by atoms with Crippen LogP contribution < -0.4 is 0 Å². The maximum Gasteiger partial charge on any atom is -0.00264 e. The summed E-state index contributed by atoms with van der Waals surface area (Å²) in [6.07, 6.45) is 0. The molecule has 10 aromatic rings. The highest BCUT2D eigenvalue weighted by atomic mass is 14.2.